The van der Waals surface area contributed by atoms with Gasteiger partial charge < -0.3 is 51.6 Å². The Labute approximate surface area is 276 Å². The summed E-state index contributed by atoms with van der Waals surface area (Å²) >= 11 is 0. The maximum absolute atomic E-state index is 12.3. The Balaban J connectivity index is 0. The van der Waals surface area contributed by atoms with Crippen LogP contribution in [0, 0.1) is 5.41 Å². The van der Waals surface area contributed by atoms with Crippen molar-refractivity contribution in [2.75, 3.05) is 40.8 Å². The number of esters is 2. The zero-order chi connectivity index (χ0) is 36.5. The third-order valence-electron chi connectivity index (χ3n) is 5.84. The molecule has 0 aromatic carbocycles. The first-order valence-corrected chi connectivity index (χ1v) is 15.3. The molecule has 17 heteroatoms. The fraction of sp³-hybridized carbons (Fsp3) is 0.700. The van der Waals surface area contributed by atoms with Crippen LogP contribution in [-0.2, 0) is 47.8 Å². The van der Waals surface area contributed by atoms with Crippen LogP contribution in [0.3, 0.4) is 0 Å². The van der Waals surface area contributed by atoms with Crippen LogP contribution < -0.4 is 27.0 Å². The van der Waals surface area contributed by atoms with E-state index >= 15 is 0 Å². The van der Waals surface area contributed by atoms with Crippen LogP contribution in [0.25, 0.3) is 0 Å². The van der Waals surface area contributed by atoms with Gasteiger partial charge in [-0.2, -0.15) is 0 Å². The zero-order valence-corrected chi connectivity index (χ0v) is 28.5. The van der Waals surface area contributed by atoms with Gasteiger partial charge in [-0.1, -0.05) is 0 Å². The van der Waals surface area contributed by atoms with E-state index in [9.17, 15) is 38.4 Å². The topological polar surface area (TPSA) is 256 Å². The van der Waals surface area contributed by atoms with Gasteiger partial charge in [-0.05, 0) is 68.1 Å². The number of nitrogens with one attached hydrogen (secondary N) is 5. The first-order valence-electron chi connectivity index (χ1n) is 15.3. The van der Waals surface area contributed by atoms with E-state index in [1.165, 1.54) is 0 Å². The zero-order valence-electron chi connectivity index (χ0n) is 28.5. The number of nitrogens with zero attached hydrogens (tertiary/aromatic N) is 1. The van der Waals surface area contributed by atoms with Crippen LogP contribution in [0.1, 0.15) is 66.2 Å². The molecular formula is C30H53N7O10. The van der Waals surface area contributed by atoms with Crippen LogP contribution in [-0.4, -0.2) is 130 Å². The van der Waals surface area contributed by atoms with E-state index in [0.717, 1.165) is 6.21 Å². The van der Waals surface area contributed by atoms with Gasteiger partial charge in [0.2, 0.25) is 17.7 Å². The molecule has 17 nitrogen and oxygen atoms in total. The highest BCUT2D eigenvalue weighted by molar-refractivity contribution is 6.26. The minimum Gasteiger partial charge on any atom is -0.462 e. The predicted molar refractivity (Wildman–Crippen MR) is 172 cm³/mol. The fourth-order valence-corrected chi connectivity index (χ4v) is 3.53. The summed E-state index contributed by atoms with van der Waals surface area (Å²) < 4.78 is 10.1. The molecule has 0 aliphatic carbocycles. The van der Waals surface area contributed by atoms with Gasteiger partial charge >= 0.3 is 11.9 Å². The molecule has 0 aromatic heterocycles. The molecule has 268 valence electrons. The average molecular weight is 672 g/mol. The van der Waals surface area contributed by atoms with E-state index in [0.29, 0.717) is 12.7 Å². The number of Topliss-reactive ketones (excluding diaryl/α,β-unsaturated/α-hetero) is 2. The van der Waals surface area contributed by atoms with Crippen molar-refractivity contribution in [3.8, 4) is 0 Å². The molecule has 47 heavy (non-hydrogen) atoms. The number of likely N-dealkylation sites (N-methyl/N-ethyl adjacent to an activating group) is 2. The molecule has 0 aliphatic heterocycles. The standard InChI is InChI=1S/C20H35N5O7.C10H18N2O3/c1-13(2)32-20(31)16(24-18(29)10-22-19(30)11-25(3)4)7-8-17(28)23-14(12-26)5-6-15(27)9-21;1-7(2)15-10(14)9(12-3)5-4-8(13)6-11/h12-14,16H,5-11,21H2,1-4H3,(H,22,30)(H,23,28)(H,24,29);6-7,9,11-12H,4-5H2,1-3H3. The number of nitrogens with two attached hydrogens (primary N) is 1. The lowest BCUT2D eigenvalue weighted by Crippen LogP contribution is -2.48. The van der Waals surface area contributed by atoms with Crippen molar-refractivity contribution in [2.45, 2.75) is 96.6 Å². The van der Waals surface area contributed by atoms with Crippen molar-refractivity contribution >= 4 is 53.7 Å². The van der Waals surface area contributed by atoms with Crippen LogP contribution in [0.2, 0.25) is 0 Å². The molecule has 3 unspecified atom stereocenters. The predicted octanol–water partition coefficient (Wildman–Crippen LogP) is -1.60. The highest BCUT2D eigenvalue weighted by Gasteiger charge is 2.25. The summed E-state index contributed by atoms with van der Waals surface area (Å²) in [6.07, 6.45) is 1.14. The second kappa shape index (κ2) is 26.0. The summed E-state index contributed by atoms with van der Waals surface area (Å²) in [4.78, 5) is 94.6. The fourth-order valence-electron chi connectivity index (χ4n) is 3.53. The number of ketones is 2. The highest BCUT2D eigenvalue weighted by atomic mass is 16.5. The molecule has 0 fully saturated rings. The van der Waals surface area contributed by atoms with Crippen LogP contribution in [0.15, 0.2) is 0 Å². The Morgan fingerprint density at radius 2 is 1.34 bits per heavy atom. The number of hydrogen-bond acceptors (Lipinski definition) is 14. The molecule has 0 spiro atoms. The Morgan fingerprint density at radius 1 is 0.787 bits per heavy atom. The maximum atomic E-state index is 12.3. The first-order chi connectivity index (χ1) is 22.0. The number of carbonyl (C=O) groups is 8. The molecule has 0 heterocycles. The van der Waals surface area contributed by atoms with Gasteiger partial charge in [0.15, 0.2) is 5.78 Å². The quantitative estimate of drug-likeness (QED) is 0.0407. The largest absolute Gasteiger partial charge is 0.462 e. The van der Waals surface area contributed by atoms with Gasteiger partial charge in [-0.25, -0.2) is 4.79 Å². The summed E-state index contributed by atoms with van der Waals surface area (Å²) in [6, 6.07) is -2.45. The number of aldehydes is 1. The van der Waals surface area contributed by atoms with Gasteiger partial charge in [0.25, 0.3) is 0 Å². The molecule has 0 saturated heterocycles. The Morgan fingerprint density at radius 3 is 1.81 bits per heavy atom. The molecule has 7 N–H and O–H groups in total. The summed E-state index contributed by atoms with van der Waals surface area (Å²) in [5.74, 6) is -3.10. The van der Waals surface area contributed by atoms with E-state index < -0.39 is 42.0 Å². The summed E-state index contributed by atoms with van der Waals surface area (Å²) in [5, 5.41) is 16.8. The second-order valence-corrected chi connectivity index (χ2v) is 11.2. The third kappa shape index (κ3) is 24.8. The van der Waals surface area contributed by atoms with Crippen molar-refractivity contribution in [1.29, 1.82) is 5.41 Å². The van der Waals surface area contributed by atoms with E-state index in [1.54, 1.807) is 53.7 Å². The van der Waals surface area contributed by atoms with Crippen LogP contribution in [0.5, 0.6) is 0 Å². The Kier molecular flexibility index (Phi) is 24.9. The lowest BCUT2D eigenvalue weighted by atomic mass is 10.1. The van der Waals surface area contributed by atoms with Gasteiger partial charge in [-0.15, -0.1) is 0 Å². The van der Waals surface area contributed by atoms with E-state index in [2.05, 4.69) is 21.3 Å². The summed E-state index contributed by atoms with van der Waals surface area (Å²) in [6.45, 7) is 6.44. The van der Waals surface area contributed by atoms with E-state index in [-0.39, 0.29) is 81.3 Å². The van der Waals surface area contributed by atoms with E-state index in [4.69, 9.17) is 20.6 Å². The molecule has 0 aliphatic rings. The summed E-state index contributed by atoms with van der Waals surface area (Å²) in [7, 11) is 5.04. The van der Waals surface area contributed by atoms with Gasteiger partial charge in [0.05, 0.1) is 44.1 Å². The number of rotatable bonds is 23. The third-order valence-corrected chi connectivity index (χ3v) is 5.84. The summed E-state index contributed by atoms with van der Waals surface area (Å²) in [5.41, 5.74) is 5.21. The van der Waals surface area contributed by atoms with Gasteiger partial charge in [-0.3, -0.25) is 28.8 Å². The highest BCUT2D eigenvalue weighted by Crippen LogP contribution is 2.05. The Bertz CT molecular complexity index is 1050. The number of hydrogen-bond donors (Lipinski definition) is 6. The molecule has 0 aromatic rings. The van der Waals surface area contributed by atoms with E-state index in [1.807, 2.05) is 0 Å². The van der Waals surface area contributed by atoms with Crippen LogP contribution >= 0.6 is 0 Å². The minimum absolute atomic E-state index is 0.0547. The molecular weight excluding hydrogens is 618 g/mol. The van der Waals surface area contributed by atoms with Gasteiger partial charge in [0, 0.05) is 19.3 Å². The number of carbonyl (C=O) groups excluding carboxylic acids is 8. The molecule has 0 rings (SSSR count). The minimum atomic E-state index is -1.12. The monoisotopic (exact) mass is 671 g/mol. The maximum Gasteiger partial charge on any atom is 0.328 e. The molecule has 0 saturated carbocycles. The molecule has 3 atom stereocenters. The van der Waals surface area contributed by atoms with Crippen molar-refractivity contribution in [1.82, 2.24) is 26.2 Å². The second-order valence-electron chi connectivity index (χ2n) is 11.2. The molecule has 0 bridgehead atoms. The van der Waals surface area contributed by atoms with Crippen molar-refractivity contribution in [3.05, 3.63) is 0 Å². The molecule has 3 amide bonds. The van der Waals surface area contributed by atoms with Gasteiger partial charge in [0.1, 0.15) is 24.2 Å². The van der Waals surface area contributed by atoms with Crippen molar-refractivity contribution in [3.63, 3.8) is 0 Å². The molecule has 0 radical (unpaired) electrons. The normalized spacial score (nSPS) is 12.5. The lowest BCUT2D eigenvalue weighted by Gasteiger charge is -2.20. The smallest absolute Gasteiger partial charge is 0.328 e. The van der Waals surface area contributed by atoms with Crippen molar-refractivity contribution < 1.29 is 47.8 Å². The van der Waals surface area contributed by atoms with Crippen molar-refractivity contribution in [2.24, 2.45) is 5.73 Å². The number of ether oxygens (including phenoxy) is 2. The van der Waals surface area contributed by atoms with Crippen LogP contribution in [0.4, 0.5) is 0 Å². The Hall–Kier alpha value is -4.09. The lowest BCUT2D eigenvalue weighted by molar-refractivity contribution is -0.152. The number of amides is 3. The SMILES string of the molecule is CC(C)OC(=O)C(CCC(=O)NC(C=O)CCC(=O)CN)NC(=O)CNC(=O)CN(C)C.CNC(CCC(=O)C=N)C(=O)OC(C)C. The first kappa shape index (κ1) is 45.0. The average Bonchev–Trinajstić information content (AvgIpc) is 2.99.